The molecule has 0 saturated carbocycles. The summed E-state index contributed by atoms with van der Waals surface area (Å²) in [6.45, 7) is 2.24. The Labute approximate surface area is 178 Å². The van der Waals surface area contributed by atoms with Gasteiger partial charge in [-0.25, -0.2) is 0 Å². The van der Waals surface area contributed by atoms with Crippen molar-refractivity contribution in [2.24, 2.45) is 0 Å². The quantitative estimate of drug-likeness (QED) is 0.623. The average Bonchev–Trinajstić information content (AvgIpc) is 2.73. The summed E-state index contributed by atoms with van der Waals surface area (Å²) in [6, 6.07) is 17.2. The minimum absolute atomic E-state index is 0. The van der Waals surface area contributed by atoms with Crippen molar-refractivity contribution in [3.05, 3.63) is 59.7 Å². The van der Waals surface area contributed by atoms with Crippen LogP contribution in [0, 0.1) is 0 Å². The lowest BCUT2D eigenvalue weighted by Gasteiger charge is -2.30. The van der Waals surface area contributed by atoms with Crippen molar-refractivity contribution >= 4 is 23.2 Å². The van der Waals surface area contributed by atoms with Gasteiger partial charge in [0.25, 0.3) is 0 Å². The summed E-state index contributed by atoms with van der Waals surface area (Å²) in [4.78, 5) is 0.939. The van der Waals surface area contributed by atoms with Gasteiger partial charge < -0.3 is 10.1 Å². The number of benzene rings is 2. The van der Waals surface area contributed by atoms with Crippen molar-refractivity contribution in [3.63, 3.8) is 0 Å². The number of fused-ring (bicyclic) bond motifs is 1. The van der Waals surface area contributed by atoms with Crippen LogP contribution in [0.2, 0.25) is 0 Å². The van der Waals surface area contributed by atoms with Gasteiger partial charge in [-0.1, -0.05) is 37.3 Å². The Morgan fingerprint density at radius 1 is 1.18 bits per heavy atom. The molecule has 0 aromatic heterocycles. The van der Waals surface area contributed by atoms with E-state index < -0.39 is 10.8 Å². The van der Waals surface area contributed by atoms with E-state index in [0.29, 0.717) is 12.1 Å². The SMILES string of the molecule is CCC(CCCS(=O)c1ccccc1)NC1CCc2cccc(OC)c2C1.Cl. The van der Waals surface area contributed by atoms with Gasteiger partial charge in [0.2, 0.25) is 0 Å². The molecule has 3 unspecified atom stereocenters. The maximum Gasteiger partial charge on any atom is 0.122 e. The topological polar surface area (TPSA) is 38.3 Å². The fraction of sp³-hybridized carbons (Fsp3) is 0.478. The van der Waals surface area contributed by atoms with E-state index in [1.54, 1.807) is 7.11 Å². The summed E-state index contributed by atoms with van der Waals surface area (Å²) < 4.78 is 18.0. The molecular weight excluding hydrogens is 390 g/mol. The predicted molar refractivity (Wildman–Crippen MR) is 120 cm³/mol. The lowest BCUT2D eigenvalue weighted by Crippen LogP contribution is -2.41. The lowest BCUT2D eigenvalue weighted by atomic mass is 9.87. The van der Waals surface area contributed by atoms with Gasteiger partial charge in [0.15, 0.2) is 0 Å². The van der Waals surface area contributed by atoms with Crippen molar-refractivity contribution in [2.75, 3.05) is 12.9 Å². The monoisotopic (exact) mass is 421 g/mol. The predicted octanol–water partition coefficient (Wildman–Crippen LogP) is 4.93. The molecule has 0 bridgehead atoms. The van der Waals surface area contributed by atoms with Gasteiger partial charge in [0, 0.05) is 22.7 Å². The zero-order chi connectivity index (χ0) is 19.1. The fourth-order valence-electron chi connectivity index (χ4n) is 3.98. The standard InChI is InChI=1S/C23H31NO2S.ClH/c1-3-19(10-8-16-27(25)21-11-5-4-6-12-21)24-20-15-14-18-9-7-13-23(26-2)22(18)17-20;/h4-7,9,11-13,19-20,24H,3,8,10,14-17H2,1-2H3;1H. The van der Waals surface area contributed by atoms with E-state index in [4.69, 9.17) is 4.74 Å². The van der Waals surface area contributed by atoms with Crippen LogP contribution in [0.25, 0.3) is 0 Å². The number of nitrogens with one attached hydrogen (secondary N) is 1. The van der Waals surface area contributed by atoms with E-state index in [9.17, 15) is 4.21 Å². The molecular formula is C23H32ClNO2S. The molecule has 154 valence electrons. The molecule has 28 heavy (non-hydrogen) atoms. The van der Waals surface area contributed by atoms with Gasteiger partial charge in [-0.05, 0) is 67.9 Å². The van der Waals surface area contributed by atoms with Crippen molar-refractivity contribution in [1.82, 2.24) is 5.32 Å². The van der Waals surface area contributed by atoms with Crippen LogP contribution in [-0.4, -0.2) is 29.2 Å². The Bertz CT molecular complexity index is 739. The number of rotatable bonds is 9. The first-order valence-corrected chi connectivity index (χ1v) is 11.4. The van der Waals surface area contributed by atoms with E-state index in [2.05, 4.69) is 30.4 Å². The van der Waals surface area contributed by atoms with Crippen LogP contribution >= 0.6 is 12.4 Å². The zero-order valence-electron chi connectivity index (χ0n) is 16.9. The third kappa shape index (κ3) is 6.07. The molecule has 3 nitrogen and oxygen atoms in total. The Morgan fingerprint density at radius 3 is 2.68 bits per heavy atom. The molecule has 1 N–H and O–H groups in total. The van der Waals surface area contributed by atoms with Crippen LogP contribution in [0.15, 0.2) is 53.4 Å². The number of halogens is 1. The van der Waals surface area contributed by atoms with Crippen LogP contribution in [0.4, 0.5) is 0 Å². The highest BCUT2D eigenvalue weighted by Crippen LogP contribution is 2.30. The van der Waals surface area contributed by atoms with Gasteiger partial charge in [-0.2, -0.15) is 0 Å². The fourth-order valence-corrected chi connectivity index (χ4v) is 5.10. The smallest absolute Gasteiger partial charge is 0.122 e. The van der Waals surface area contributed by atoms with Gasteiger partial charge in [0.1, 0.15) is 5.75 Å². The second-order valence-corrected chi connectivity index (χ2v) is 8.89. The van der Waals surface area contributed by atoms with E-state index >= 15 is 0 Å². The Balaban J connectivity index is 0.00000280. The normalized spacial score (nSPS) is 17.9. The molecule has 2 aromatic rings. The van der Waals surface area contributed by atoms with Crippen LogP contribution in [0.5, 0.6) is 5.75 Å². The first kappa shape index (κ1) is 22.9. The van der Waals surface area contributed by atoms with Crippen LogP contribution in [0.1, 0.15) is 43.7 Å². The molecule has 0 spiro atoms. The highest BCUT2D eigenvalue weighted by molar-refractivity contribution is 7.85. The van der Waals surface area contributed by atoms with Crippen LogP contribution in [0.3, 0.4) is 0 Å². The van der Waals surface area contributed by atoms with Gasteiger partial charge in [-0.15, -0.1) is 12.4 Å². The minimum Gasteiger partial charge on any atom is -0.496 e. The summed E-state index contributed by atoms with van der Waals surface area (Å²) >= 11 is 0. The molecule has 5 heteroatoms. The van der Waals surface area contributed by atoms with Crippen molar-refractivity contribution in [1.29, 1.82) is 0 Å². The van der Waals surface area contributed by atoms with Crippen molar-refractivity contribution in [3.8, 4) is 5.75 Å². The second-order valence-electron chi connectivity index (χ2n) is 7.31. The Hall–Kier alpha value is -1.36. The molecule has 2 aromatic carbocycles. The van der Waals surface area contributed by atoms with E-state index in [0.717, 1.165) is 48.5 Å². The molecule has 0 fully saturated rings. The largest absolute Gasteiger partial charge is 0.496 e. The van der Waals surface area contributed by atoms with Crippen LogP contribution < -0.4 is 10.1 Å². The molecule has 3 rings (SSSR count). The summed E-state index contributed by atoms with van der Waals surface area (Å²) in [5.41, 5.74) is 2.79. The number of methoxy groups -OCH3 is 1. The molecule has 3 atom stereocenters. The second kappa shape index (κ2) is 11.6. The maximum atomic E-state index is 12.4. The number of aryl methyl sites for hydroxylation is 1. The number of hydrogen-bond acceptors (Lipinski definition) is 3. The van der Waals surface area contributed by atoms with E-state index in [1.807, 2.05) is 30.3 Å². The molecule has 0 aliphatic heterocycles. The summed E-state index contributed by atoms with van der Waals surface area (Å²) in [5.74, 6) is 1.76. The minimum atomic E-state index is -0.887. The molecule has 0 heterocycles. The van der Waals surface area contributed by atoms with E-state index in [1.165, 1.54) is 17.5 Å². The van der Waals surface area contributed by atoms with Crippen LogP contribution in [-0.2, 0) is 23.6 Å². The number of ether oxygens (including phenoxy) is 1. The van der Waals surface area contributed by atoms with Gasteiger partial charge >= 0.3 is 0 Å². The average molecular weight is 422 g/mol. The Morgan fingerprint density at radius 2 is 1.96 bits per heavy atom. The highest BCUT2D eigenvalue weighted by atomic mass is 35.5. The number of hydrogen-bond donors (Lipinski definition) is 1. The van der Waals surface area contributed by atoms with Gasteiger partial charge in [-0.3, -0.25) is 4.21 Å². The highest BCUT2D eigenvalue weighted by Gasteiger charge is 2.23. The van der Waals surface area contributed by atoms with Gasteiger partial charge in [0.05, 0.1) is 17.9 Å². The molecule has 1 aliphatic rings. The summed E-state index contributed by atoms with van der Waals surface area (Å²) in [5, 5.41) is 3.86. The molecule has 0 radical (unpaired) electrons. The van der Waals surface area contributed by atoms with Crippen molar-refractivity contribution < 1.29 is 8.95 Å². The zero-order valence-corrected chi connectivity index (χ0v) is 18.5. The van der Waals surface area contributed by atoms with Crippen molar-refractivity contribution in [2.45, 2.75) is 62.4 Å². The maximum absolute atomic E-state index is 12.4. The first-order chi connectivity index (χ1) is 13.2. The Kier molecular flexibility index (Phi) is 9.49. The first-order valence-electron chi connectivity index (χ1n) is 10.1. The molecule has 0 saturated heterocycles. The third-order valence-electron chi connectivity index (χ3n) is 5.52. The summed E-state index contributed by atoms with van der Waals surface area (Å²) in [6.07, 6.45) is 6.48. The third-order valence-corrected chi connectivity index (χ3v) is 6.97. The molecule has 1 aliphatic carbocycles. The molecule has 0 amide bonds. The van der Waals surface area contributed by atoms with E-state index in [-0.39, 0.29) is 12.4 Å². The lowest BCUT2D eigenvalue weighted by molar-refractivity contribution is 0.357. The summed E-state index contributed by atoms with van der Waals surface area (Å²) in [7, 11) is 0.871.